The van der Waals surface area contributed by atoms with Crippen molar-refractivity contribution in [1.82, 2.24) is 10.6 Å². The summed E-state index contributed by atoms with van der Waals surface area (Å²) in [6.07, 6.45) is 3.97. The zero-order valence-corrected chi connectivity index (χ0v) is 15.7. The van der Waals surface area contributed by atoms with Crippen molar-refractivity contribution < 1.29 is 23.8 Å². The predicted octanol–water partition coefficient (Wildman–Crippen LogP) is 1.02. The molecule has 8 nitrogen and oxygen atoms in total. The van der Waals surface area contributed by atoms with Crippen molar-refractivity contribution in [2.45, 2.75) is 44.7 Å². The Morgan fingerprint density at radius 2 is 2.04 bits per heavy atom. The van der Waals surface area contributed by atoms with Gasteiger partial charge in [-0.15, -0.1) is 0 Å². The van der Waals surface area contributed by atoms with Gasteiger partial charge < -0.3 is 24.9 Å². The molecule has 1 aliphatic carbocycles. The maximum Gasteiger partial charge on any atom is 0.336 e. The number of benzene rings is 1. The van der Waals surface area contributed by atoms with Gasteiger partial charge >= 0.3 is 5.63 Å². The lowest BCUT2D eigenvalue weighted by molar-refractivity contribution is -0.131. The summed E-state index contributed by atoms with van der Waals surface area (Å²) >= 11 is 0. The predicted molar refractivity (Wildman–Crippen MR) is 102 cm³/mol. The number of rotatable bonds is 7. The van der Waals surface area contributed by atoms with E-state index in [-0.39, 0.29) is 12.6 Å². The Labute approximate surface area is 161 Å². The normalized spacial score (nSPS) is 15.4. The lowest BCUT2D eigenvalue weighted by atomic mass is 10.1. The highest BCUT2D eigenvalue weighted by atomic mass is 16.5. The second kappa shape index (κ2) is 8.88. The van der Waals surface area contributed by atoms with E-state index in [0.717, 1.165) is 36.6 Å². The largest absolute Gasteiger partial charge is 0.484 e. The molecule has 28 heavy (non-hydrogen) atoms. The van der Waals surface area contributed by atoms with Crippen LogP contribution in [0.5, 0.6) is 5.75 Å². The molecule has 1 heterocycles. The van der Waals surface area contributed by atoms with Gasteiger partial charge in [0.05, 0.1) is 6.61 Å². The molecular formula is C20H24N2O6. The molecule has 150 valence electrons. The van der Waals surface area contributed by atoms with E-state index in [9.17, 15) is 19.5 Å². The number of aryl methyl sites for hydroxylation is 1. The first-order chi connectivity index (χ1) is 13.5. The van der Waals surface area contributed by atoms with E-state index in [2.05, 4.69) is 10.6 Å². The third-order valence-electron chi connectivity index (χ3n) is 4.83. The van der Waals surface area contributed by atoms with Crippen molar-refractivity contribution in [3.05, 3.63) is 40.2 Å². The monoisotopic (exact) mass is 388 g/mol. The fraction of sp³-hybridized carbons (Fsp3) is 0.450. The number of nitrogens with one attached hydrogen (secondary N) is 2. The van der Waals surface area contributed by atoms with E-state index in [4.69, 9.17) is 9.15 Å². The summed E-state index contributed by atoms with van der Waals surface area (Å²) in [5, 5.41) is 15.5. The number of fused-ring (bicyclic) bond motifs is 1. The first-order valence-electron chi connectivity index (χ1n) is 9.34. The summed E-state index contributed by atoms with van der Waals surface area (Å²) in [5.74, 6) is -0.579. The molecule has 1 fully saturated rings. The van der Waals surface area contributed by atoms with E-state index >= 15 is 0 Å². The van der Waals surface area contributed by atoms with Crippen LogP contribution in [0.15, 0.2) is 33.5 Å². The van der Waals surface area contributed by atoms with Crippen LogP contribution in [0.1, 0.15) is 31.2 Å². The molecule has 1 aromatic heterocycles. The maximum atomic E-state index is 12.2. The van der Waals surface area contributed by atoms with E-state index in [1.54, 1.807) is 19.1 Å². The van der Waals surface area contributed by atoms with Gasteiger partial charge in [-0.25, -0.2) is 4.79 Å². The van der Waals surface area contributed by atoms with Crippen LogP contribution in [0.2, 0.25) is 0 Å². The van der Waals surface area contributed by atoms with Gasteiger partial charge in [-0.2, -0.15) is 0 Å². The van der Waals surface area contributed by atoms with Crippen LogP contribution in [0, 0.1) is 6.92 Å². The molecule has 2 amide bonds. The minimum atomic E-state index is -1.02. The molecule has 1 atom stereocenters. The second-order valence-electron chi connectivity index (χ2n) is 6.99. The van der Waals surface area contributed by atoms with Crippen LogP contribution in [-0.2, 0) is 9.59 Å². The van der Waals surface area contributed by atoms with Gasteiger partial charge in [0.25, 0.3) is 5.91 Å². The summed E-state index contributed by atoms with van der Waals surface area (Å²) in [6, 6.07) is 5.43. The van der Waals surface area contributed by atoms with Crippen LogP contribution < -0.4 is 21.0 Å². The molecule has 2 aromatic rings. The van der Waals surface area contributed by atoms with Crippen molar-refractivity contribution in [3.8, 4) is 5.75 Å². The van der Waals surface area contributed by atoms with Crippen LogP contribution in [0.25, 0.3) is 11.0 Å². The van der Waals surface area contributed by atoms with Crippen LogP contribution in [0.3, 0.4) is 0 Å². The highest BCUT2D eigenvalue weighted by Crippen LogP contribution is 2.22. The average molecular weight is 388 g/mol. The first kappa shape index (κ1) is 19.9. The number of hydrogen-bond donors (Lipinski definition) is 3. The van der Waals surface area contributed by atoms with Gasteiger partial charge in [-0.1, -0.05) is 12.8 Å². The Kier molecular flexibility index (Phi) is 6.30. The maximum absolute atomic E-state index is 12.2. The molecule has 3 rings (SSSR count). The summed E-state index contributed by atoms with van der Waals surface area (Å²) in [6.45, 7) is 0.971. The quantitative estimate of drug-likeness (QED) is 0.610. The van der Waals surface area contributed by atoms with Crippen molar-refractivity contribution >= 4 is 22.8 Å². The minimum Gasteiger partial charge on any atom is -0.484 e. The number of carbonyl (C=O) groups excluding carboxylic acids is 2. The molecule has 0 radical (unpaired) electrons. The molecule has 1 aromatic carbocycles. The topological polar surface area (TPSA) is 118 Å². The van der Waals surface area contributed by atoms with Gasteiger partial charge in [0, 0.05) is 23.6 Å². The first-order valence-corrected chi connectivity index (χ1v) is 9.34. The van der Waals surface area contributed by atoms with Gasteiger partial charge in [-0.3, -0.25) is 9.59 Å². The minimum absolute atomic E-state index is 0.102. The molecule has 0 aliphatic heterocycles. The molecule has 1 saturated carbocycles. The molecule has 0 bridgehead atoms. The lowest BCUT2D eigenvalue weighted by Crippen LogP contribution is -2.51. The fourth-order valence-electron chi connectivity index (χ4n) is 3.35. The number of ether oxygens (including phenoxy) is 1. The Balaban J connectivity index is 1.56. The molecule has 3 N–H and O–H groups in total. The molecule has 0 spiro atoms. The molecule has 1 aliphatic rings. The van der Waals surface area contributed by atoms with Crippen LogP contribution in [-0.4, -0.2) is 42.2 Å². The smallest absolute Gasteiger partial charge is 0.336 e. The number of amides is 2. The van der Waals surface area contributed by atoms with Crippen LogP contribution in [0.4, 0.5) is 0 Å². The number of hydrogen-bond acceptors (Lipinski definition) is 6. The molecule has 0 unspecified atom stereocenters. The van der Waals surface area contributed by atoms with Gasteiger partial charge in [0.15, 0.2) is 6.61 Å². The number of aliphatic hydroxyl groups excluding tert-OH is 1. The standard InChI is InChI=1S/C20H24N2O6/c1-12-8-19(25)28-17-9-14(6-7-15(12)17)27-11-18(24)22-16(10-23)20(26)21-13-4-2-3-5-13/h6-9,13,16,23H,2-5,10-11H2,1H3,(H,21,26)(H,22,24)/t16-/m0/s1. The van der Waals surface area contributed by atoms with Gasteiger partial charge in [-0.05, 0) is 37.5 Å². The van der Waals surface area contributed by atoms with Gasteiger partial charge in [0.1, 0.15) is 17.4 Å². The third kappa shape index (κ3) is 4.89. The number of carbonyl (C=O) groups is 2. The van der Waals surface area contributed by atoms with E-state index in [0.29, 0.717) is 11.3 Å². The van der Waals surface area contributed by atoms with Crippen molar-refractivity contribution in [3.63, 3.8) is 0 Å². The zero-order chi connectivity index (χ0) is 20.1. The van der Waals surface area contributed by atoms with E-state index in [1.165, 1.54) is 12.1 Å². The summed E-state index contributed by atoms with van der Waals surface area (Å²) in [4.78, 5) is 35.8. The van der Waals surface area contributed by atoms with Crippen molar-refractivity contribution in [2.75, 3.05) is 13.2 Å². The second-order valence-corrected chi connectivity index (χ2v) is 6.99. The summed E-state index contributed by atoms with van der Waals surface area (Å²) in [5.41, 5.74) is 0.695. The Morgan fingerprint density at radius 3 is 2.75 bits per heavy atom. The lowest BCUT2D eigenvalue weighted by Gasteiger charge is -2.19. The van der Waals surface area contributed by atoms with Crippen molar-refractivity contribution in [2.24, 2.45) is 0 Å². The van der Waals surface area contributed by atoms with Crippen molar-refractivity contribution in [1.29, 1.82) is 0 Å². The van der Waals surface area contributed by atoms with E-state index < -0.39 is 30.1 Å². The SMILES string of the molecule is Cc1cc(=O)oc2cc(OCC(=O)N[C@@H](CO)C(=O)NC3CCCC3)ccc12. The highest BCUT2D eigenvalue weighted by molar-refractivity contribution is 5.88. The molecular weight excluding hydrogens is 364 g/mol. The average Bonchev–Trinajstić information content (AvgIpc) is 3.16. The Bertz CT molecular complexity index is 917. The highest BCUT2D eigenvalue weighted by Gasteiger charge is 2.24. The van der Waals surface area contributed by atoms with E-state index in [1.807, 2.05) is 0 Å². The van der Waals surface area contributed by atoms with Crippen LogP contribution >= 0.6 is 0 Å². The Morgan fingerprint density at radius 1 is 1.29 bits per heavy atom. The Hall–Kier alpha value is -2.87. The van der Waals surface area contributed by atoms with Gasteiger partial charge in [0.2, 0.25) is 5.91 Å². The molecule has 0 saturated heterocycles. The fourth-order valence-corrected chi connectivity index (χ4v) is 3.35. The summed E-state index contributed by atoms with van der Waals surface area (Å²) in [7, 11) is 0. The third-order valence-corrected chi connectivity index (χ3v) is 4.83. The molecule has 8 heteroatoms. The summed E-state index contributed by atoms with van der Waals surface area (Å²) < 4.78 is 10.6. The number of aliphatic hydroxyl groups is 1. The zero-order valence-electron chi connectivity index (χ0n) is 15.7.